The molecule has 1 spiro atoms. The Morgan fingerprint density at radius 1 is 1.02 bits per heavy atom. The number of hydrogen-bond donors (Lipinski definition) is 1. The largest absolute Gasteiger partial charge is 0.394 e. The van der Waals surface area contributed by atoms with Crippen LogP contribution in [0.2, 0.25) is 0 Å². The van der Waals surface area contributed by atoms with Gasteiger partial charge in [-0.25, -0.2) is 0 Å². The lowest BCUT2D eigenvalue weighted by Crippen LogP contribution is -2.59. The lowest BCUT2D eigenvalue weighted by molar-refractivity contribution is -0.156. The number of ether oxygens (including phenoxy) is 1. The molecule has 5 rings (SSSR count). The zero-order valence-corrected chi connectivity index (χ0v) is 24.5. The number of aliphatic hydroxyl groups excluding tert-OH is 1. The van der Waals surface area contributed by atoms with Crippen LogP contribution in [0.4, 0.5) is 0 Å². The molecule has 3 saturated heterocycles. The molecule has 1 N–H and O–H groups in total. The lowest BCUT2D eigenvalue weighted by atomic mass is 9.66. The number of rotatable bonds is 12. The molecule has 0 aliphatic carbocycles. The zero-order valence-electron chi connectivity index (χ0n) is 24.5. The zero-order chi connectivity index (χ0) is 30.1. The van der Waals surface area contributed by atoms with E-state index in [-0.39, 0.29) is 30.9 Å². The topological polar surface area (TPSA) is 90.4 Å². The Bertz CT molecular complexity index is 1330. The van der Waals surface area contributed by atoms with Crippen LogP contribution in [0.5, 0.6) is 0 Å². The monoisotopic (exact) mass is 571 g/mol. The Morgan fingerprint density at radius 3 is 2.24 bits per heavy atom. The summed E-state index contributed by atoms with van der Waals surface area (Å²) in [5.41, 5.74) is -0.177. The molecule has 2 bridgehead atoms. The van der Waals surface area contributed by atoms with E-state index in [0.717, 1.165) is 11.1 Å². The molecule has 2 aromatic carbocycles. The molecule has 2 aromatic rings. The van der Waals surface area contributed by atoms with Crippen molar-refractivity contribution < 1.29 is 24.2 Å². The summed E-state index contributed by atoms with van der Waals surface area (Å²) < 4.78 is 6.80. The number of hydrogen-bond acceptors (Lipinski definition) is 5. The van der Waals surface area contributed by atoms with E-state index < -0.39 is 35.1 Å². The number of nitrogens with zero attached hydrogens (tertiary/aromatic N) is 3. The van der Waals surface area contributed by atoms with Crippen LogP contribution in [0.3, 0.4) is 0 Å². The molecular formula is C34H41N3O5. The Hall–Kier alpha value is -3.75. The van der Waals surface area contributed by atoms with Crippen LogP contribution in [0, 0.1) is 11.8 Å². The quantitative estimate of drug-likeness (QED) is 0.395. The fraction of sp³-hybridized carbons (Fsp3) is 0.441. The molecule has 0 saturated carbocycles. The van der Waals surface area contributed by atoms with Crippen molar-refractivity contribution in [2.45, 2.75) is 56.0 Å². The van der Waals surface area contributed by atoms with Gasteiger partial charge in [0.05, 0.1) is 30.1 Å². The molecule has 8 heteroatoms. The molecule has 3 fully saturated rings. The first-order valence-electron chi connectivity index (χ1n) is 14.7. The Labute approximate surface area is 248 Å². The fourth-order valence-electron chi connectivity index (χ4n) is 7.44. The molecule has 0 radical (unpaired) electrons. The minimum atomic E-state index is -1.18. The van der Waals surface area contributed by atoms with Crippen LogP contribution < -0.4 is 0 Å². The number of likely N-dealkylation sites (tertiary alicyclic amines) is 1. The molecule has 42 heavy (non-hydrogen) atoms. The van der Waals surface area contributed by atoms with Crippen molar-refractivity contribution in [3.8, 4) is 0 Å². The molecule has 3 heterocycles. The molecule has 3 amide bonds. The summed E-state index contributed by atoms with van der Waals surface area (Å²) in [6.07, 6.45) is 4.71. The van der Waals surface area contributed by atoms with Crippen LogP contribution >= 0.6 is 0 Å². The predicted molar refractivity (Wildman–Crippen MR) is 160 cm³/mol. The lowest BCUT2D eigenvalue weighted by Gasteiger charge is -2.39. The average molecular weight is 572 g/mol. The van der Waals surface area contributed by atoms with E-state index >= 15 is 0 Å². The van der Waals surface area contributed by atoms with Gasteiger partial charge in [0, 0.05) is 26.7 Å². The Kier molecular flexibility index (Phi) is 8.39. The van der Waals surface area contributed by atoms with Crippen LogP contribution in [0.1, 0.15) is 30.9 Å². The number of fused-ring (bicyclic) bond motifs is 1. The molecule has 3 aliphatic rings. The number of benzene rings is 2. The highest BCUT2D eigenvalue weighted by molar-refractivity contribution is 5.99. The summed E-state index contributed by atoms with van der Waals surface area (Å²) in [6, 6.07) is 17.6. The second kappa shape index (κ2) is 11.9. The molecule has 3 aliphatic heterocycles. The van der Waals surface area contributed by atoms with Crippen LogP contribution in [0.25, 0.3) is 0 Å². The third kappa shape index (κ3) is 4.96. The maximum Gasteiger partial charge on any atom is 0.249 e. The van der Waals surface area contributed by atoms with Gasteiger partial charge in [-0.3, -0.25) is 14.4 Å². The second-order valence-corrected chi connectivity index (χ2v) is 12.0. The second-order valence-electron chi connectivity index (χ2n) is 12.0. The Balaban J connectivity index is 1.59. The van der Waals surface area contributed by atoms with Crippen LogP contribution in [0.15, 0.2) is 86.0 Å². The minimum absolute atomic E-state index is 0.193. The molecule has 0 aromatic heterocycles. The van der Waals surface area contributed by atoms with Crippen molar-refractivity contribution in [3.05, 3.63) is 97.1 Å². The smallest absolute Gasteiger partial charge is 0.249 e. The molecule has 8 nitrogen and oxygen atoms in total. The van der Waals surface area contributed by atoms with E-state index in [1.165, 1.54) is 0 Å². The van der Waals surface area contributed by atoms with Gasteiger partial charge in [-0.2, -0.15) is 0 Å². The SMILES string of the molecule is C=CCN(C)C(=O)[C@@H]1[C@H]2C(=O)N([C@@H](CO)Cc3ccccc3)C(C(=O)N(CC=C)Cc3ccccc3)C23CC[C@@]1(C)O3. The van der Waals surface area contributed by atoms with Gasteiger partial charge in [-0.15, -0.1) is 13.2 Å². The van der Waals surface area contributed by atoms with E-state index in [4.69, 9.17) is 4.74 Å². The normalized spacial score (nSPS) is 28.3. The van der Waals surface area contributed by atoms with Crippen molar-refractivity contribution in [2.24, 2.45) is 11.8 Å². The number of carbonyl (C=O) groups excluding carboxylic acids is 3. The summed E-state index contributed by atoms with van der Waals surface area (Å²) in [6.45, 7) is 10.1. The number of likely N-dealkylation sites (N-methyl/N-ethyl adjacent to an activating group) is 1. The fourth-order valence-corrected chi connectivity index (χ4v) is 7.44. The van der Waals surface area contributed by atoms with Crippen LogP contribution in [-0.4, -0.2) is 87.6 Å². The van der Waals surface area contributed by atoms with Crippen molar-refractivity contribution >= 4 is 17.7 Å². The highest BCUT2D eigenvalue weighted by Crippen LogP contribution is 2.63. The molecule has 6 atom stereocenters. The molecule has 222 valence electrons. The third-order valence-corrected chi connectivity index (χ3v) is 9.29. The van der Waals surface area contributed by atoms with Crippen molar-refractivity contribution in [3.63, 3.8) is 0 Å². The van der Waals surface area contributed by atoms with Crippen LogP contribution in [-0.2, 0) is 32.1 Å². The van der Waals surface area contributed by atoms with E-state index in [9.17, 15) is 19.5 Å². The van der Waals surface area contributed by atoms with Gasteiger partial charge in [0.15, 0.2) is 0 Å². The van der Waals surface area contributed by atoms with Gasteiger partial charge in [-0.1, -0.05) is 72.8 Å². The number of amides is 3. The van der Waals surface area contributed by atoms with Gasteiger partial charge in [-0.05, 0) is 37.3 Å². The predicted octanol–water partition coefficient (Wildman–Crippen LogP) is 3.21. The van der Waals surface area contributed by atoms with Gasteiger partial charge >= 0.3 is 0 Å². The van der Waals surface area contributed by atoms with Gasteiger partial charge < -0.3 is 24.5 Å². The Morgan fingerprint density at radius 2 is 1.64 bits per heavy atom. The first kappa shape index (κ1) is 29.7. The van der Waals surface area contributed by atoms with Gasteiger partial charge in [0.1, 0.15) is 11.6 Å². The summed E-state index contributed by atoms with van der Waals surface area (Å²) in [4.78, 5) is 48.0. The summed E-state index contributed by atoms with van der Waals surface area (Å²) in [5, 5.41) is 10.7. The highest BCUT2D eigenvalue weighted by atomic mass is 16.5. The van der Waals surface area contributed by atoms with E-state index in [1.807, 2.05) is 67.6 Å². The van der Waals surface area contributed by atoms with Crippen molar-refractivity contribution in [1.29, 1.82) is 0 Å². The van der Waals surface area contributed by atoms with E-state index in [0.29, 0.717) is 32.4 Å². The van der Waals surface area contributed by atoms with Gasteiger partial charge in [0.2, 0.25) is 17.7 Å². The average Bonchev–Trinajstić information content (AvgIpc) is 3.56. The molecule has 2 unspecified atom stereocenters. The van der Waals surface area contributed by atoms with E-state index in [1.54, 1.807) is 33.9 Å². The first-order chi connectivity index (χ1) is 20.2. The molecular weight excluding hydrogens is 530 g/mol. The van der Waals surface area contributed by atoms with Gasteiger partial charge in [0.25, 0.3) is 0 Å². The first-order valence-corrected chi connectivity index (χ1v) is 14.7. The minimum Gasteiger partial charge on any atom is -0.394 e. The maximum atomic E-state index is 14.7. The standard InChI is InChI=1S/C34H41N3O5/c1-5-19-35(4)30(39)27-28-31(40)37(26(23-38)21-24-13-9-7-10-14-24)29(34(28)18-17-33(27,3)42-34)32(41)36(20-6-2)22-25-15-11-8-12-16-25/h5-16,26-29,38H,1-2,17-23H2,3-4H3/t26-,27+,28+,29?,33-,34?/m1/s1. The van der Waals surface area contributed by atoms with Crippen molar-refractivity contribution in [1.82, 2.24) is 14.7 Å². The van der Waals surface area contributed by atoms with Crippen molar-refractivity contribution in [2.75, 3.05) is 26.7 Å². The summed E-state index contributed by atoms with van der Waals surface area (Å²) >= 11 is 0. The number of carbonyl (C=O) groups is 3. The third-order valence-electron chi connectivity index (χ3n) is 9.29. The maximum absolute atomic E-state index is 14.7. The highest BCUT2D eigenvalue weighted by Gasteiger charge is 2.78. The van der Waals surface area contributed by atoms with E-state index in [2.05, 4.69) is 13.2 Å². The number of aliphatic hydroxyl groups is 1. The summed E-state index contributed by atoms with van der Waals surface area (Å²) in [7, 11) is 1.70. The summed E-state index contributed by atoms with van der Waals surface area (Å²) in [5.74, 6) is -2.35.